The van der Waals surface area contributed by atoms with E-state index in [4.69, 9.17) is 4.74 Å². The molecule has 0 saturated heterocycles. The summed E-state index contributed by atoms with van der Waals surface area (Å²) in [5.74, 6) is -0.409. The average Bonchev–Trinajstić information content (AvgIpc) is 3.15. The van der Waals surface area contributed by atoms with E-state index >= 15 is 0 Å². The quantitative estimate of drug-likeness (QED) is 0.627. The fourth-order valence-electron chi connectivity index (χ4n) is 2.42. The molecule has 1 aromatic carbocycles. The van der Waals surface area contributed by atoms with Crippen molar-refractivity contribution in [2.45, 2.75) is 11.8 Å². The maximum Gasteiger partial charge on any atom is 0.295 e. The van der Waals surface area contributed by atoms with Gasteiger partial charge in [0, 0.05) is 11.9 Å². The minimum atomic E-state index is -3.54. The molecule has 0 bridgehead atoms. The molecule has 0 aliphatic heterocycles. The van der Waals surface area contributed by atoms with Gasteiger partial charge >= 0.3 is 0 Å². The van der Waals surface area contributed by atoms with Gasteiger partial charge in [0.1, 0.15) is 0 Å². The normalized spacial score (nSPS) is 11.2. The van der Waals surface area contributed by atoms with Crippen LogP contribution in [0.4, 0.5) is 5.13 Å². The van der Waals surface area contributed by atoms with Gasteiger partial charge in [0.2, 0.25) is 15.2 Å². The molecule has 3 rings (SSSR count). The number of carbonyl (C=O) groups is 1. The molecule has 146 valence electrons. The lowest BCUT2D eigenvalue weighted by Crippen LogP contribution is -2.18. The number of aromatic nitrogens is 3. The molecule has 2 aromatic heterocycles. The van der Waals surface area contributed by atoms with Gasteiger partial charge in [-0.15, -0.1) is 5.10 Å². The number of hydrogen-bond donors (Lipinski definition) is 2. The van der Waals surface area contributed by atoms with Crippen molar-refractivity contribution < 1.29 is 17.9 Å². The fraction of sp³-hybridized carbons (Fsp3) is 0.176. The highest BCUT2D eigenvalue weighted by molar-refractivity contribution is 7.89. The zero-order valence-corrected chi connectivity index (χ0v) is 16.9. The first-order valence-corrected chi connectivity index (χ1v) is 10.3. The number of anilines is 1. The lowest BCUT2D eigenvalue weighted by Gasteiger charge is -2.11. The zero-order valence-electron chi connectivity index (χ0n) is 15.3. The zero-order chi connectivity index (χ0) is 20.3. The Kier molecular flexibility index (Phi) is 5.68. The summed E-state index contributed by atoms with van der Waals surface area (Å²) >= 11 is 1.10. The van der Waals surface area contributed by atoms with Gasteiger partial charge in [0.25, 0.3) is 11.1 Å². The molecule has 28 heavy (non-hydrogen) atoms. The van der Waals surface area contributed by atoms with Crippen LogP contribution in [0.3, 0.4) is 0 Å². The van der Waals surface area contributed by atoms with Crippen LogP contribution in [0.1, 0.15) is 16.1 Å². The van der Waals surface area contributed by atoms with E-state index in [-0.39, 0.29) is 4.90 Å². The van der Waals surface area contributed by atoms with Gasteiger partial charge in [-0.1, -0.05) is 17.2 Å². The van der Waals surface area contributed by atoms with Gasteiger partial charge < -0.3 is 4.74 Å². The molecular formula is C17H17N5O4S2. The lowest BCUT2D eigenvalue weighted by molar-refractivity contribution is 0.102. The highest BCUT2D eigenvalue weighted by Crippen LogP contribution is 2.27. The monoisotopic (exact) mass is 419 g/mol. The predicted molar refractivity (Wildman–Crippen MR) is 105 cm³/mol. The molecule has 0 saturated carbocycles. The van der Waals surface area contributed by atoms with Crippen LogP contribution in [0.2, 0.25) is 0 Å². The number of sulfonamides is 1. The molecule has 0 fully saturated rings. The number of nitrogens with zero attached hydrogens (tertiary/aromatic N) is 3. The molecule has 9 nitrogen and oxygen atoms in total. The number of nitrogens with one attached hydrogen (secondary N) is 2. The smallest absolute Gasteiger partial charge is 0.295 e. The first kappa shape index (κ1) is 19.9. The molecule has 0 radical (unpaired) electrons. The van der Waals surface area contributed by atoms with Crippen LogP contribution >= 0.6 is 11.3 Å². The Balaban J connectivity index is 1.95. The van der Waals surface area contributed by atoms with Gasteiger partial charge in [-0.3, -0.25) is 15.1 Å². The third-order valence-electron chi connectivity index (χ3n) is 3.83. The second kappa shape index (κ2) is 8.00. The first-order chi connectivity index (χ1) is 13.3. The summed E-state index contributed by atoms with van der Waals surface area (Å²) in [6.07, 6.45) is 1.47. The topological polar surface area (TPSA) is 123 Å². The van der Waals surface area contributed by atoms with Crippen molar-refractivity contribution in [2.24, 2.45) is 0 Å². The third-order valence-corrected chi connectivity index (χ3v) is 6.06. The summed E-state index contributed by atoms with van der Waals surface area (Å²) in [5, 5.41) is 10.9. The second-order valence-electron chi connectivity index (χ2n) is 5.63. The van der Waals surface area contributed by atoms with Gasteiger partial charge in [-0.2, -0.15) is 0 Å². The molecule has 1 amide bonds. The van der Waals surface area contributed by atoms with E-state index in [2.05, 4.69) is 25.2 Å². The second-order valence-corrected chi connectivity index (χ2v) is 8.46. The summed E-state index contributed by atoms with van der Waals surface area (Å²) < 4.78 is 31.0. The molecule has 0 aliphatic carbocycles. The molecule has 0 unspecified atom stereocenters. The standard InChI is InChI=1S/C17H17N5O4S2/c1-10-8-13(11-4-6-12(7-5-11)28(24,25)18-2)14(9-19-10)15(23)20-16-21-22-17(26-3)27-16/h4-9,18H,1-3H3,(H,20,21,23). The molecule has 0 spiro atoms. The van der Waals surface area contributed by atoms with Gasteiger partial charge in [0.05, 0.1) is 17.6 Å². The van der Waals surface area contributed by atoms with Crippen LogP contribution in [0.15, 0.2) is 41.4 Å². The number of aryl methyl sites for hydroxylation is 1. The Morgan fingerprint density at radius 3 is 2.50 bits per heavy atom. The number of amides is 1. The van der Waals surface area contributed by atoms with Crippen molar-refractivity contribution in [3.63, 3.8) is 0 Å². The number of hydrogen-bond acceptors (Lipinski definition) is 8. The summed E-state index contributed by atoms with van der Waals surface area (Å²) in [6, 6.07) is 8.01. The Bertz CT molecular complexity index is 1110. The van der Waals surface area contributed by atoms with Crippen molar-refractivity contribution in [2.75, 3.05) is 19.5 Å². The van der Waals surface area contributed by atoms with Crippen LogP contribution in [0, 0.1) is 6.92 Å². The minimum Gasteiger partial charge on any atom is -0.472 e. The fourth-order valence-corrected chi connectivity index (χ4v) is 3.70. The van der Waals surface area contributed by atoms with Gasteiger partial charge in [-0.25, -0.2) is 13.1 Å². The van der Waals surface area contributed by atoms with Crippen molar-refractivity contribution in [1.29, 1.82) is 0 Å². The van der Waals surface area contributed by atoms with E-state index in [1.807, 2.05) is 0 Å². The van der Waals surface area contributed by atoms with Gasteiger partial charge in [-0.05, 0) is 54.6 Å². The number of rotatable bonds is 6. The van der Waals surface area contributed by atoms with Gasteiger partial charge in [0.15, 0.2) is 0 Å². The maximum absolute atomic E-state index is 12.7. The number of pyridine rings is 1. The Morgan fingerprint density at radius 1 is 1.18 bits per heavy atom. The van der Waals surface area contributed by atoms with Crippen LogP contribution < -0.4 is 14.8 Å². The highest BCUT2D eigenvalue weighted by atomic mass is 32.2. The van der Waals surface area contributed by atoms with Crippen LogP contribution in [0.25, 0.3) is 11.1 Å². The predicted octanol–water partition coefficient (Wildman–Crippen LogP) is 2.08. The number of carbonyl (C=O) groups excluding carboxylic acids is 1. The SMILES string of the molecule is CNS(=O)(=O)c1ccc(-c2cc(C)ncc2C(=O)Nc2nnc(OC)s2)cc1. The number of ether oxygens (including phenoxy) is 1. The Labute approximate surface area is 165 Å². The van der Waals surface area contributed by atoms with Crippen molar-refractivity contribution >= 4 is 32.4 Å². The summed E-state index contributed by atoms with van der Waals surface area (Å²) in [4.78, 5) is 17.1. The highest BCUT2D eigenvalue weighted by Gasteiger charge is 2.17. The molecule has 0 atom stereocenters. The van der Waals surface area contributed by atoms with Crippen LogP contribution in [-0.4, -0.2) is 43.7 Å². The van der Waals surface area contributed by atoms with Crippen LogP contribution in [0.5, 0.6) is 5.19 Å². The van der Waals surface area contributed by atoms with E-state index in [0.29, 0.717) is 27.0 Å². The Morgan fingerprint density at radius 2 is 1.89 bits per heavy atom. The molecule has 11 heteroatoms. The number of methoxy groups -OCH3 is 1. The largest absolute Gasteiger partial charge is 0.472 e. The molecule has 3 aromatic rings. The molecular weight excluding hydrogens is 402 g/mol. The lowest BCUT2D eigenvalue weighted by atomic mass is 10.0. The summed E-state index contributed by atoms with van der Waals surface area (Å²) in [6.45, 7) is 1.81. The summed E-state index contributed by atoms with van der Waals surface area (Å²) in [7, 11) is -0.728. The molecule has 0 aliphatic rings. The first-order valence-electron chi connectivity index (χ1n) is 8.03. The Hall–Kier alpha value is -2.89. The van der Waals surface area contributed by atoms with Crippen LogP contribution in [-0.2, 0) is 10.0 Å². The third kappa shape index (κ3) is 4.16. The van der Waals surface area contributed by atoms with E-state index < -0.39 is 15.9 Å². The van der Waals surface area contributed by atoms with E-state index in [0.717, 1.165) is 17.0 Å². The maximum atomic E-state index is 12.7. The minimum absolute atomic E-state index is 0.136. The van der Waals surface area contributed by atoms with E-state index in [1.54, 1.807) is 25.1 Å². The van der Waals surface area contributed by atoms with Crippen molar-refractivity contribution in [1.82, 2.24) is 19.9 Å². The van der Waals surface area contributed by atoms with Crippen molar-refractivity contribution in [3.8, 4) is 16.3 Å². The van der Waals surface area contributed by atoms with E-state index in [9.17, 15) is 13.2 Å². The summed E-state index contributed by atoms with van der Waals surface area (Å²) in [5.41, 5.74) is 2.34. The van der Waals surface area contributed by atoms with E-state index in [1.165, 1.54) is 32.5 Å². The average molecular weight is 419 g/mol. The van der Waals surface area contributed by atoms with Crippen molar-refractivity contribution in [3.05, 3.63) is 47.8 Å². The molecule has 2 N–H and O–H groups in total. The molecule has 2 heterocycles. The number of benzene rings is 1.